The number of halogens is 1. The van der Waals surface area contributed by atoms with E-state index in [4.69, 9.17) is 25.8 Å². The molecular weight excluding hydrogens is 382 g/mol. The highest BCUT2D eigenvalue weighted by Gasteiger charge is 2.26. The number of ether oxygens (including phenoxy) is 3. The lowest BCUT2D eigenvalue weighted by Crippen LogP contribution is -2.45. The van der Waals surface area contributed by atoms with Crippen LogP contribution in [0.1, 0.15) is 24.2 Å². The maximum Gasteiger partial charge on any atom is 0.329 e. The van der Waals surface area contributed by atoms with Crippen LogP contribution in [-0.4, -0.2) is 38.2 Å². The van der Waals surface area contributed by atoms with Crippen molar-refractivity contribution in [3.05, 3.63) is 59.1 Å². The van der Waals surface area contributed by atoms with Crippen molar-refractivity contribution in [2.75, 3.05) is 20.3 Å². The lowest BCUT2D eigenvalue weighted by molar-refractivity contribution is -0.147. The largest absolute Gasteiger partial charge is 0.497 e. The Kier molecular flexibility index (Phi) is 8.14. The van der Waals surface area contributed by atoms with Gasteiger partial charge in [-0.2, -0.15) is 0 Å². The maximum absolute atomic E-state index is 12.4. The SMILES string of the molecule is COc1ccc(C(=O)N[C@H](C(=O)OCCOc2ccccc2Cl)C(C)C)cc1. The molecule has 0 spiro atoms. The highest BCUT2D eigenvalue weighted by atomic mass is 35.5. The summed E-state index contributed by atoms with van der Waals surface area (Å²) in [4.78, 5) is 24.8. The van der Waals surface area contributed by atoms with Gasteiger partial charge in [-0.1, -0.05) is 37.6 Å². The van der Waals surface area contributed by atoms with Crippen molar-refractivity contribution < 1.29 is 23.8 Å². The van der Waals surface area contributed by atoms with Crippen LogP contribution in [0.25, 0.3) is 0 Å². The van der Waals surface area contributed by atoms with Crippen molar-refractivity contribution in [1.82, 2.24) is 5.32 Å². The van der Waals surface area contributed by atoms with Crippen molar-refractivity contribution in [2.45, 2.75) is 19.9 Å². The molecule has 1 atom stereocenters. The van der Waals surface area contributed by atoms with Gasteiger partial charge >= 0.3 is 5.97 Å². The van der Waals surface area contributed by atoms with Crippen molar-refractivity contribution in [1.29, 1.82) is 0 Å². The molecule has 0 fully saturated rings. The highest BCUT2D eigenvalue weighted by Crippen LogP contribution is 2.22. The Bertz CT molecular complexity index is 792. The van der Waals surface area contributed by atoms with Gasteiger partial charge in [-0.15, -0.1) is 0 Å². The van der Waals surface area contributed by atoms with Gasteiger partial charge in [-0.05, 0) is 42.3 Å². The molecule has 7 heteroatoms. The van der Waals surface area contributed by atoms with Gasteiger partial charge in [0.15, 0.2) is 0 Å². The Labute approximate surface area is 169 Å². The van der Waals surface area contributed by atoms with E-state index in [1.165, 1.54) is 0 Å². The summed E-state index contributed by atoms with van der Waals surface area (Å²) in [6, 6.07) is 12.9. The Morgan fingerprint density at radius 1 is 1.04 bits per heavy atom. The fraction of sp³-hybridized carbons (Fsp3) is 0.333. The molecule has 0 heterocycles. The fourth-order valence-corrected chi connectivity index (χ4v) is 2.60. The Morgan fingerprint density at radius 2 is 1.71 bits per heavy atom. The predicted molar refractivity (Wildman–Crippen MR) is 107 cm³/mol. The van der Waals surface area contributed by atoms with E-state index in [1.54, 1.807) is 55.6 Å². The van der Waals surface area contributed by atoms with E-state index >= 15 is 0 Å². The monoisotopic (exact) mass is 405 g/mol. The van der Waals surface area contributed by atoms with Gasteiger partial charge in [0.05, 0.1) is 12.1 Å². The van der Waals surface area contributed by atoms with Gasteiger partial charge in [-0.3, -0.25) is 4.79 Å². The van der Waals surface area contributed by atoms with Gasteiger partial charge < -0.3 is 19.5 Å². The zero-order chi connectivity index (χ0) is 20.5. The molecule has 0 aliphatic heterocycles. The normalized spacial score (nSPS) is 11.6. The first kappa shape index (κ1) is 21.6. The molecule has 2 aromatic rings. The van der Waals surface area contributed by atoms with Gasteiger partial charge in [0, 0.05) is 5.56 Å². The first-order valence-corrected chi connectivity index (χ1v) is 9.29. The molecule has 0 unspecified atom stereocenters. The molecular formula is C21H24ClNO5. The molecule has 2 aromatic carbocycles. The molecule has 0 saturated carbocycles. The lowest BCUT2D eigenvalue weighted by atomic mass is 10.0. The third-order valence-corrected chi connectivity index (χ3v) is 4.29. The summed E-state index contributed by atoms with van der Waals surface area (Å²) in [5.41, 5.74) is 0.432. The molecule has 2 rings (SSSR count). The molecule has 150 valence electrons. The van der Waals surface area contributed by atoms with Crippen LogP contribution in [0, 0.1) is 5.92 Å². The summed E-state index contributed by atoms with van der Waals surface area (Å²) in [5, 5.41) is 3.21. The van der Waals surface area contributed by atoms with Crippen LogP contribution in [0.15, 0.2) is 48.5 Å². The van der Waals surface area contributed by atoms with Crippen molar-refractivity contribution in [3.8, 4) is 11.5 Å². The second-order valence-electron chi connectivity index (χ2n) is 6.37. The van der Waals surface area contributed by atoms with Gasteiger partial charge in [0.25, 0.3) is 5.91 Å². The number of nitrogens with one attached hydrogen (secondary N) is 1. The lowest BCUT2D eigenvalue weighted by Gasteiger charge is -2.21. The minimum atomic E-state index is -0.769. The summed E-state index contributed by atoms with van der Waals surface area (Å²) in [6.07, 6.45) is 0. The van der Waals surface area contributed by atoms with Crippen molar-refractivity contribution >= 4 is 23.5 Å². The number of hydrogen-bond acceptors (Lipinski definition) is 5. The van der Waals surface area contributed by atoms with Crippen LogP contribution >= 0.6 is 11.6 Å². The third-order valence-electron chi connectivity index (χ3n) is 3.98. The number of para-hydroxylation sites is 1. The Hall–Kier alpha value is -2.73. The zero-order valence-electron chi connectivity index (χ0n) is 16.1. The van der Waals surface area contributed by atoms with E-state index in [2.05, 4.69) is 5.32 Å². The average molecular weight is 406 g/mol. The molecule has 0 aromatic heterocycles. The summed E-state index contributed by atoms with van der Waals surface area (Å²) in [6.45, 7) is 3.87. The minimum absolute atomic E-state index is 0.0473. The van der Waals surface area contributed by atoms with E-state index in [0.717, 1.165) is 0 Å². The van der Waals surface area contributed by atoms with Crippen molar-refractivity contribution in [3.63, 3.8) is 0 Å². The molecule has 6 nitrogen and oxygen atoms in total. The highest BCUT2D eigenvalue weighted by molar-refractivity contribution is 6.32. The topological polar surface area (TPSA) is 73.9 Å². The molecule has 0 aliphatic rings. The number of methoxy groups -OCH3 is 1. The summed E-state index contributed by atoms with van der Waals surface area (Å²) in [5.74, 6) is 0.160. The van der Waals surface area contributed by atoms with Gasteiger partial charge in [0.2, 0.25) is 0 Å². The van der Waals surface area contributed by atoms with Crippen molar-refractivity contribution in [2.24, 2.45) is 5.92 Å². The predicted octanol–water partition coefficient (Wildman–Crippen LogP) is 3.73. The molecule has 1 amide bonds. The zero-order valence-corrected chi connectivity index (χ0v) is 16.9. The number of amides is 1. The van der Waals surface area contributed by atoms with E-state index < -0.39 is 12.0 Å². The first-order valence-electron chi connectivity index (χ1n) is 8.91. The van der Waals surface area contributed by atoms with Crippen LogP contribution in [0.4, 0.5) is 0 Å². The molecule has 0 saturated heterocycles. The van der Waals surface area contributed by atoms with E-state index in [-0.39, 0.29) is 25.0 Å². The van der Waals surface area contributed by atoms with Crippen LogP contribution in [0.5, 0.6) is 11.5 Å². The van der Waals surface area contributed by atoms with Crippen LogP contribution in [0.2, 0.25) is 5.02 Å². The number of hydrogen-bond donors (Lipinski definition) is 1. The second-order valence-corrected chi connectivity index (χ2v) is 6.78. The molecule has 0 radical (unpaired) electrons. The summed E-state index contributed by atoms with van der Waals surface area (Å²) >= 11 is 6.00. The van der Waals surface area contributed by atoms with Crippen LogP contribution in [0.3, 0.4) is 0 Å². The molecule has 0 aliphatic carbocycles. The smallest absolute Gasteiger partial charge is 0.329 e. The fourth-order valence-electron chi connectivity index (χ4n) is 2.41. The second kappa shape index (κ2) is 10.6. The summed E-state index contributed by atoms with van der Waals surface area (Å²) < 4.78 is 15.8. The first-order chi connectivity index (χ1) is 13.4. The van der Waals surface area contributed by atoms with Gasteiger partial charge in [0.1, 0.15) is 30.8 Å². The average Bonchev–Trinajstić information content (AvgIpc) is 2.70. The van der Waals surface area contributed by atoms with E-state index in [0.29, 0.717) is 22.1 Å². The number of benzene rings is 2. The third kappa shape index (κ3) is 6.16. The Morgan fingerprint density at radius 3 is 2.32 bits per heavy atom. The molecule has 0 bridgehead atoms. The standard InChI is InChI=1S/C21H24ClNO5/c1-14(2)19(23-20(24)15-8-10-16(26-3)11-9-15)21(25)28-13-12-27-18-7-5-4-6-17(18)22/h4-11,14,19H,12-13H2,1-3H3,(H,23,24)/t19-/m0/s1. The number of rotatable bonds is 9. The van der Waals surface area contributed by atoms with E-state index in [1.807, 2.05) is 13.8 Å². The summed E-state index contributed by atoms with van der Waals surface area (Å²) in [7, 11) is 1.55. The number of esters is 1. The Balaban J connectivity index is 1.86. The van der Waals surface area contributed by atoms with Gasteiger partial charge in [-0.25, -0.2) is 4.79 Å². The number of carbonyl (C=O) groups is 2. The molecule has 28 heavy (non-hydrogen) atoms. The number of carbonyl (C=O) groups excluding carboxylic acids is 2. The maximum atomic E-state index is 12.4. The van der Waals surface area contributed by atoms with Crippen LogP contribution in [-0.2, 0) is 9.53 Å². The minimum Gasteiger partial charge on any atom is -0.497 e. The van der Waals surface area contributed by atoms with E-state index in [9.17, 15) is 9.59 Å². The van der Waals surface area contributed by atoms with Crippen LogP contribution < -0.4 is 14.8 Å². The molecule has 1 N–H and O–H groups in total. The quantitative estimate of drug-likeness (QED) is 0.508.